The van der Waals surface area contributed by atoms with Crippen molar-refractivity contribution in [1.29, 1.82) is 0 Å². The summed E-state index contributed by atoms with van der Waals surface area (Å²) in [4.78, 5) is 17.8. The fourth-order valence-corrected chi connectivity index (χ4v) is 2.23. The number of nitrogens with two attached hydrogens (primary N) is 1. The number of anilines is 2. The molecule has 0 spiro atoms. The van der Waals surface area contributed by atoms with Crippen LogP contribution in [0.15, 0.2) is 12.1 Å². The first-order chi connectivity index (χ1) is 9.01. The normalized spacial score (nSPS) is 12.0. The van der Waals surface area contributed by atoms with Crippen LogP contribution in [0.1, 0.15) is 23.8 Å². The summed E-state index contributed by atoms with van der Waals surface area (Å²) in [5.74, 6) is 1.24. The van der Waals surface area contributed by atoms with Crippen molar-refractivity contribution < 1.29 is 9.53 Å². The van der Waals surface area contributed by atoms with Crippen molar-refractivity contribution in [1.82, 2.24) is 4.98 Å². The Bertz CT molecular complexity index is 440. The maximum absolute atomic E-state index is 11.5. The molecule has 6 heteroatoms. The van der Waals surface area contributed by atoms with E-state index in [-0.39, 0.29) is 5.69 Å². The molecule has 1 aromatic rings. The van der Waals surface area contributed by atoms with Gasteiger partial charge in [0.15, 0.2) is 11.5 Å². The summed E-state index contributed by atoms with van der Waals surface area (Å²) in [6.45, 7) is 2.11. The molecule has 5 nitrogen and oxygen atoms in total. The van der Waals surface area contributed by atoms with Gasteiger partial charge < -0.3 is 15.4 Å². The Labute approximate surface area is 118 Å². The Morgan fingerprint density at radius 3 is 2.84 bits per heavy atom. The summed E-state index contributed by atoms with van der Waals surface area (Å²) >= 11 is 1.81. The molecule has 1 atom stereocenters. The molecule has 1 heterocycles. The molecule has 19 heavy (non-hydrogen) atoms. The van der Waals surface area contributed by atoms with Gasteiger partial charge in [-0.25, -0.2) is 9.78 Å². The van der Waals surface area contributed by atoms with Gasteiger partial charge in [-0.3, -0.25) is 0 Å². The summed E-state index contributed by atoms with van der Waals surface area (Å²) in [6.07, 6.45) is 3.11. The van der Waals surface area contributed by atoms with Crippen molar-refractivity contribution in [3.05, 3.63) is 17.8 Å². The maximum atomic E-state index is 11.5. The highest BCUT2D eigenvalue weighted by Crippen LogP contribution is 2.23. The third-order valence-electron chi connectivity index (χ3n) is 3.03. The molecule has 106 valence electrons. The summed E-state index contributed by atoms with van der Waals surface area (Å²) in [7, 11) is 3.27. The predicted molar refractivity (Wildman–Crippen MR) is 80.9 cm³/mol. The fourth-order valence-electron chi connectivity index (χ4n) is 1.65. The van der Waals surface area contributed by atoms with Gasteiger partial charge in [0.2, 0.25) is 0 Å². The number of carbonyl (C=O) groups is 1. The highest BCUT2D eigenvalue weighted by atomic mass is 32.2. The second-order valence-corrected chi connectivity index (χ2v) is 5.33. The molecule has 0 saturated carbocycles. The zero-order valence-electron chi connectivity index (χ0n) is 11.8. The lowest BCUT2D eigenvalue weighted by atomic mass is 10.2. The van der Waals surface area contributed by atoms with Gasteiger partial charge in [-0.15, -0.1) is 0 Å². The zero-order chi connectivity index (χ0) is 14.4. The SMILES string of the molecule is COC(=O)c1ccc(N)c(N(C)C(C)CCSC)n1. The minimum Gasteiger partial charge on any atom is -0.464 e. The highest BCUT2D eigenvalue weighted by molar-refractivity contribution is 7.98. The molecule has 1 unspecified atom stereocenters. The van der Waals surface area contributed by atoms with E-state index >= 15 is 0 Å². The maximum Gasteiger partial charge on any atom is 0.356 e. The van der Waals surface area contributed by atoms with E-state index in [1.54, 1.807) is 23.9 Å². The summed E-state index contributed by atoms with van der Waals surface area (Å²) in [5, 5.41) is 0. The number of hydrogen-bond acceptors (Lipinski definition) is 6. The first-order valence-corrected chi connectivity index (χ1v) is 7.47. The van der Waals surface area contributed by atoms with E-state index < -0.39 is 5.97 Å². The fraction of sp³-hybridized carbons (Fsp3) is 0.538. The van der Waals surface area contributed by atoms with Crippen LogP contribution in [-0.4, -0.2) is 43.2 Å². The van der Waals surface area contributed by atoms with E-state index in [2.05, 4.69) is 22.9 Å². The molecule has 0 saturated heterocycles. The van der Waals surface area contributed by atoms with Crippen LogP contribution in [0.5, 0.6) is 0 Å². The molecule has 0 aromatic carbocycles. The minimum atomic E-state index is -0.452. The Morgan fingerprint density at radius 1 is 1.58 bits per heavy atom. The largest absolute Gasteiger partial charge is 0.464 e. The van der Waals surface area contributed by atoms with E-state index in [1.165, 1.54) is 7.11 Å². The Morgan fingerprint density at radius 2 is 2.26 bits per heavy atom. The Kier molecular flexibility index (Phi) is 5.95. The van der Waals surface area contributed by atoms with Crippen molar-refractivity contribution in [2.24, 2.45) is 0 Å². The molecule has 2 N–H and O–H groups in total. The molecule has 0 radical (unpaired) electrons. The highest BCUT2D eigenvalue weighted by Gasteiger charge is 2.16. The van der Waals surface area contributed by atoms with E-state index in [0.29, 0.717) is 17.5 Å². The number of nitrogen functional groups attached to an aromatic ring is 1. The van der Waals surface area contributed by atoms with E-state index in [4.69, 9.17) is 5.73 Å². The smallest absolute Gasteiger partial charge is 0.356 e. The predicted octanol–water partition coefficient (Wildman–Crippen LogP) is 2.03. The van der Waals surface area contributed by atoms with E-state index in [0.717, 1.165) is 12.2 Å². The number of thioether (sulfide) groups is 1. The number of methoxy groups -OCH3 is 1. The number of rotatable bonds is 6. The van der Waals surface area contributed by atoms with Crippen LogP contribution in [0.4, 0.5) is 11.5 Å². The molecule has 0 fully saturated rings. The van der Waals surface area contributed by atoms with Crippen molar-refractivity contribution >= 4 is 29.2 Å². The van der Waals surface area contributed by atoms with Crippen LogP contribution in [0.3, 0.4) is 0 Å². The molecule has 0 aliphatic rings. The molecule has 1 rings (SSSR count). The summed E-state index contributed by atoms with van der Waals surface area (Å²) in [6, 6.07) is 3.56. The van der Waals surface area contributed by atoms with Gasteiger partial charge in [-0.1, -0.05) is 0 Å². The van der Waals surface area contributed by atoms with Crippen molar-refractivity contribution in [2.45, 2.75) is 19.4 Å². The van der Waals surface area contributed by atoms with Crippen LogP contribution in [-0.2, 0) is 4.74 Å². The average Bonchev–Trinajstić information content (AvgIpc) is 2.43. The number of ether oxygens (including phenoxy) is 1. The molecular weight excluding hydrogens is 262 g/mol. The number of carbonyl (C=O) groups excluding carboxylic acids is 1. The van der Waals surface area contributed by atoms with Crippen LogP contribution >= 0.6 is 11.8 Å². The van der Waals surface area contributed by atoms with E-state index in [1.807, 2.05) is 11.9 Å². The summed E-state index contributed by atoms with van der Waals surface area (Å²) in [5.41, 5.74) is 6.77. The third kappa shape index (κ3) is 4.02. The second kappa shape index (κ2) is 7.23. The molecule has 0 bridgehead atoms. The molecule has 0 aliphatic carbocycles. The zero-order valence-corrected chi connectivity index (χ0v) is 12.7. The van der Waals surface area contributed by atoms with Gasteiger partial charge in [0.1, 0.15) is 0 Å². The van der Waals surface area contributed by atoms with E-state index in [9.17, 15) is 4.79 Å². The van der Waals surface area contributed by atoms with Crippen molar-refractivity contribution in [2.75, 3.05) is 36.8 Å². The average molecular weight is 283 g/mol. The monoisotopic (exact) mass is 283 g/mol. The topological polar surface area (TPSA) is 68.5 Å². The van der Waals surface area contributed by atoms with Gasteiger partial charge in [0.25, 0.3) is 0 Å². The number of pyridine rings is 1. The van der Waals surface area contributed by atoms with Gasteiger partial charge in [0.05, 0.1) is 12.8 Å². The van der Waals surface area contributed by atoms with Gasteiger partial charge in [0, 0.05) is 13.1 Å². The van der Waals surface area contributed by atoms with Crippen LogP contribution in [0.25, 0.3) is 0 Å². The molecule has 0 amide bonds. The standard InChI is InChI=1S/C13H21N3O2S/c1-9(7-8-19-4)16(2)12-10(14)5-6-11(15-12)13(17)18-3/h5-6,9H,7-8,14H2,1-4H3. The van der Waals surface area contributed by atoms with Gasteiger partial charge in [-0.2, -0.15) is 11.8 Å². The molecule has 0 aliphatic heterocycles. The minimum absolute atomic E-state index is 0.274. The summed E-state index contributed by atoms with van der Waals surface area (Å²) < 4.78 is 4.67. The lowest BCUT2D eigenvalue weighted by Gasteiger charge is -2.27. The second-order valence-electron chi connectivity index (χ2n) is 4.34. The van der Waals surface area contributed by atoms with Crippen molar-refractivity contribution in [3.63, 3.8) is 0 Å². The quantitative estimate of drug-likeness (QED) is 0.806. The van der Waals surface area contributed by atoms with Crippen LogP contribution in [0.2, 0.25) is 0 Å². The first-order valence-electron chi connectivity index (χ1n) is 6.07. The van der Waals surface area contributed by atoms with Gasteiger partial charge in [-0.05, 0) is 37.5 Å². The lowest BCUT2D eigenvalue weighted by Crippen LogP contribution is -2.31. The first kappa shape index (κ1) is 15.6. The Hall–Kier alpha value is -1.43. The van der Waals surface area contributed by atoms with Crippen LogP contribution in [0, 0.1) is 0 Å². The number of nitrogens with zero attached hydrogens (tertiary/aromatic N) is 2. The molecular formula is C13H21N3O2S. The van der Waals surface area contributed by atoms with Gasteiger partial charge >= 0.3 is 5.97 Å². The van der Waals surface area contributed by atoms with Crippen LogP contribution < -0.4 is 10.6 Å². The molecule has 1 aromatic heterocycles. The number of aromatic nitrogens is 1. The Balaban J connectivity index is 2.94. The number of esters is 1. The lowest BCUT2D eigenvalue weighted by molar-refractivity contribution is 0.0594. The third-order valence-corrected chi connectivity index (χ3v) is 3.68. The van der Waals surface area contributed by atoms with Crippen molar-refractivity contribution in [3.8, 4) is 0 Å². The number of hydrogen-bond donors (Lipinski definition) is 1.